The van der Waals surface area contributed by atoms with E-state index in [0.717, 1.165) is 53.0 Å². The molecule has 6 rings (SSSR count). The molecule has 0 radical (unpaired) electrons. The molecular formula is C26H34N2O. The average Bonchev–Trinajstić information content (AvgIpc) is 3.26. The number of para-hydroxylation sites is 2. The number of allylic oxidation sites excluding steroid dienone is 2. The number of benzene rings is 1. The number of aromatic amines is 1. The van der Waals surface area contributed by atoms with Crippen molar-refractivity contribution < 1.29 is 5.11 Å². The quantitative estimate of drug-likeness (QED) is 0.558. The Morgan fingerprint density at radius 1 is 1.00 bits per heavy atom. The molecule has 3 nitrogen and oxygen atoms in total. The number of nitrogens with zero attached hydrogens (tertiary/aromatic N) is 1. The van der Waals surface area contributed by atoms with Gasteiger partial charge in [0.05, 0.1) is 11.0 Å². The fourth-order valence-electron chi connectivity index (χ4n) is 8.25. The third kappa shape index (κ3) is 2.39. The Labute approximate surface area is 174 Å². The van der Waals surface area contributed by atoms with Crippen molar-refractivity contribution in [2.75, 3.05) is 0 Å². The van der Waals surface area contributed by atoms with E-state index in [-0.39, 0.29) is 5.41 Å². The molecule has 3 fully saturated rings. The summed E-state index contributed by atoms with van der Waals surface area (Å²) in [5, 5.41) is 11.4. The number of hydrogen-bond acceptors (Lipinski definition) is 2. The molecule has 4 aliphatic rings. The maximum atomic E-state index is 11.4. The SMILES string of the molecule is C[C@]12CCCC[C@@H]1CC[C@@H]1[C@@H]2CC[C@]2(C)C(O)=C(c3nc4ccccc4[nH]3)C[C@@H]12. The van der Waals surface area contributed by atoms with Crippen LogP contribution in [0.3, 0.4) is 0 Å². The minimum absolute atomic E-state index is 0.0622. The number of nitrogens with one attached hydrogen (secondary N) is 1. The van der Waals surface area contributed by atoms with Crippen LogP contribution in [0.15, 0.2) is 30.0 Å². The van der Waals surface area contributed by atoms with Crippen LogP contribution in [-0.4, -0.2) is 15.1 Å². The van der Waals surface area contributed by atoms with Gasteiger partial charge >= 0.3 is 0 Å². The number of hydrogen-bond donors (Lipinski definition) is 2. The molecule has 4 aliphatic carbocycles. The van der Waals surface area contributed by atoms with Crippen molar-refractivity contribution in [1.82, 2.24) is 9.97 Å². The van der Waals surface area contributed by atoms with Gasteiger partial charge in [-0.05, 0) is 86.2 Å². The second kappa shape index (κ2) is 6.12. The Hall–Kier alpha value is -1.77. The normalized spacial score (nSPS) is 41.9. The van der Waals surface area contributed by atoms with Gasteiger partial charge < -0.3 is 10.1 Å². The van der Waals surface area contributed by atoms with E-state index in [4.69, 9.17) is 4.98 Å². The fourth-order valence-corrected chi connectivity index (χ4v) is 8.25. The molecule has 1 aromatic heterocycles. The topological polar surface area (TPSA) is 48.9 Å². The summed E-state index contributed by atoms with van der Waals surface area (Å²) in [4.78, 5) is 8.33. The summed E-state index contributed by atoms with van der Waals surface area (Å²) in [6, 6.07) is 8.21. The van der Waals surface area contributed by atoms with Gasteiger partial charge in [-0.25, -0.2) is 4.98 Å². The van der Waals surface area contributed by atoms with E-state index in [9.17, 15) is 5.11 Å². The number of aromatic nitrogens is 2. The first-order valence-electron chi connectivity index (χ1n) is 11.9. The lowest BCUT2D eigenvalue weighted by Gasteiger charge is -2.59. The Morgan fingerprint density at radius 3 is 2.72 bits per heavy atom. The molecule has 0 saturated heterocycles. The van der Waals surface area contributed by atoms with Crippen LogP contribution in [-0.2, 0) is 0 Å². The van der Waals surface area contributed by atoms with Crippen LogP contribution in [0.2, 0.25) is 0 Å². The second-order valence-electron chi connectivity index (χ2n) is 11.0. The van der Waals surface area contributed by atoms with E-state index in [2.05, 4.69) is 31.0 Å². The minimum Gasteiger partial charge on any atom is -0.511 e. The number of aliphatic hydroxyl groups excluding tert-OH is 1. The smallest absolute Gasteiger partial charge is 0.137 e. The largest absolute Gasteiger partial charge is 0.511 e. The zero-order chi connectivity index (χ0) is 19.8. The molecule has 3 saturated carbocycles. The summed E-state index contributed by atoms with van der Waals surface area (Å²) in [7, 11) is 0. The molecule has 0 unspecified atom stereocenters. The second-order valence-corrected chi connectivity index (χ2v) is 11.0. The zero-order valence-corrected chi connectivity index (χ0v) is 17.9. The number of rotatable bonds is 1. The van der Waals surface area contributed by atoms with Crippen LogP contribution in [0, 0.1) is 34.5 Å². The van der Waals surface area contributed by atoms with Crippen LogP contribution in [0.25, 0.3) is 16.6 Å². The summed E-state index contributed by atoms with van der Waals surface area (Å²) < 4.78 is 0. The molecule has 0 amide bonds. The van der Waals surface area contributed by atoms with Gasteiger partial charge in [0.1, 0.15) is 11.6 Å². The van der Waals surface area contributed by atoms with E-state index in [1.807, 2.05) is 12.1 Å². The van der Waals surface area contributed by atoms with Crippen LogP contribution < -0.4 is 0 Å². The highest BCUT2D eigenvalue weighted by atomic mass is 16.3. The van der Waals surface area contributed by atoms with Gasteiger partial charge in [0.15, 0.2) is 0 Å². The van der Waals surface area contributed by atoms with Crippen LogP contribution in [0.5, 0.6) is 0 Å². The predicted octanol–water partition coefficient (Wildman–Crippen LogP) is 6.87. The lowest BCUT2D eigenvalue weighted by Crippen LogP contribution is -2.52. The van der Waals surface area contributed by atoms with Crippen molar-refractivity contribution in [3.8, 4) is 0 Å². The lowest BCUT2D eigenvalue weighted by molar-refractivity contribution is -0.104. The van der Waals surface area contributed by atoms with Crippen molar-refractivity contribution in [1.29, 1.82) is 0 Å². The Morgan fingerprint density at radius 2 is 1.86 bits per heavy atom. The van der Waals surface area contributed by atoms with Gasteiger partial charge in [0.2, 0.25) is 0 Å². The molecule has 2 N–H and O–H groups in total. The van der Waals surface area contributed by atoms with Crippen molar-refractivity contribution >= 4 is 16.6 Å². The molecule has 0 spiro atoms. The third-order valence-corrected chi connectivity index (χ3v) is 9.90. The van der Waals surface area contributed by atoms with Gasteiger partial charge in [0, 0.05) is 11.0 Å². The molecule has 6 atom stereocenters. The zero-order valence-electron chi connectivity index (χ0n) is 17.9. The van der Waals surface area contributed by atoms with Crippen molar-refractivity contribution in [3.05, 3.63) is 35.8 Å². The third-order valence-electron chi connectivity index (χ3n) is 9.90. The highest BCUT2D eigenvalue weighted by Crippen LogP contribution is 2.67. The number of H-pyrrole nitrogens is 1. The highest BCUT2D eigenvalue weighted by Gasteiger charge is 2.59. The Kier molecular flexibility index (Phi) is 3.81. The van der Waals surface area contributed by atoms with Crippen molar-refractivity contribution in [2.45, 2.75) is 71.6 Å². The molecule has 1 heterocycles. The van der Waals surface area contributed by atoms with Crippen LogP contribution in [0.1, 0.15) is 77.5 Å². The van der Waals surface area contributed by atoms with Crippen molar-refractivity contribution in [3.63, 3.8) is 0 Å². The minimum atomic E-state index is -0.0622. The highest BCUT2D eigenvalue weighted by molar-refractivity contribution is 5.79. The van der Waals surface area contributed by atoms with Gasteiger partial charge in [-0.15, -0.1) is 0 Å². The van der Waals surface area contributed by atoms with E-state index >= 15 is 0 Å². The first-order chi connectivity index (χ1) is 14.0. The molecule has 154 valence electrons. The first kappa shape index (κ1) is 18.0. The monoisotopic (exact) mass is 390 g/mol. The number of imidazole rings is 1. The summed E-state index contributed by atoms with van der Waals surface area (Å²) in [5.74, 6) is 4.66. The average molecular weight is 391 g/mol. The van der Waals surface area contributed by atoms with Crippen LogP contribution >= 0.6 is 0 Å². The van der Waals surface area contributed by atoms with Gasteiger partial charge in [-0.2, -0.15) is 0 Å². The molecule has 0 aliphatic heterocycles. The predicted molar refractivity (Wildman–Crippen MR) is 117 cm³/mol. The Balaban J connectivity index is 1.36. The fraction of sp³-hybridized carbons (Fsp3) is 0.654. The number of aliphatic hydroxyl groups is 1. The van der Waals surface area contributed by atoms with Gasteiger partial charge in [-0.1, -0.05) is 38.8 Å². The Bertz CT molecular complexity index is 957. The molecule has 0 bridgehead atoms. The molecule has 1 aromatic carbocycles. The maximum Gasteiger partial charge on any atom is 0.137 e. The summed E-state index contributed by atoms with van der Waals surface area (Å²) in [6.45, 7) is 4.97. The molecular weight excluding hydrogens is 356 g/mol. The standard InChI is InChI=1S/C26H34N2O/c1-25-13-6-5-7-16(25)10-11-17-19(25)12-14-26(2)20(17)15-18(23(26)29)24-27-21-8-3-4-9-22(21)28-24/h3-4,8-9,16-17,19-20,29H,5-7,10-15H2,1-2H3,(H,27,28)/t16-,17-,19+,20+,25+,26+/m1/s1. The number of fused-ring (bicyclic) bond motifs is 6. The summed E-state index contributed by atoms with van der Waals surface area (Å²) in [6.07, 6.45) is 11.9. The van der Waals surface area contributed by atoms with E-state index < -0.39 is 0 Å². The van der Waals surface area contributed by atoms with Crippen molar-refractivity contribution in [2.24, 2.45) is 34.5 Å². The van der Waals surface area contributed by atoms with Gasteiger partial charge in [-0.3, -0.25) is 0 Å². The van der Waals surface area contributed by atoms with Crippen LogP contribution in [0.4, 0.5) is 0 Å². The van der Waals surface area contributed by atoms with E-state index in [1.165, 1.54) is 44.9 Å². The summed E-state index contributed by atoms with van der Waals surface area (Å²) in [5.41, 5.74) is 3.63. The molecule has 2 aromatic rings. The lowest BCUT2D eigenvalue weighted by atomic mass is 9.45. The van der Waals surface area contributed by atoms with E-state index in [1.54, 1.807) is 0 Å². The van der Waals surface area contributed by atoms with Gasteiger partial charge in [0.25, 0.3) is 0 Å². The van der Waals surface area contributed by atoms with E-state index in [0.29, 0.717) is 17.1 Å². The first-order valence-corrected chi connectivity index (χ1v) is 11.9. The molecule has 29 heavy (non-hydrogen) atoms. The molecule has 3 heteroatoms. The maximum absolute atomic E-state index is 11.4. The summed E-state index contributed by atoms with van der Waals surface area (Å²) >= 11 is 0.